The van der Waals surface area contributed by atoms with Crippen molar-refractivity contribution in [1.29, 1.82) is 0 Å². The van der Waals surface area contributed by atoms with Crippen molar-refractivity contribution < 1.29 is 37.9 Å². The summed E-state index contributed by atoms with van der Waals surface area (Å²) in [5, 5.41) is 20.1. The molecule has 4 atom stereocenters. The van der Waals surface area contributed by atoms with E-state index in [0.29, 0.717) is 61.1 Å². The Morgan fingerprint density at radius 1 is 1.08 bits per heavy atom. The highest BCUT2D eigenvalue weighted by Gasteiger charge is 2.67. The van der Waals surface area contributed by atoms with Gasteiger partial charge in [-0.1, -0.05) is 47.5 Å². The van der Waals surface area contributed by atoms with Crippen molar-refractivity contribution >= 4 is 25.6 Å². The molecule has 11 nitrogen and oxygen atoms in total. The van der Waals surface area contributed by atoms with Crippen LogP contribution in [0.15, 0.2) is 21.9 Å². The highest BCUT2D eigenvalue weighted by atomic mass is 28.4. The van der Waals surface area contributed by atoms with E-state index in [2.05, 4.69) is 58.2 Å². The van der Waals surface area contributed by atoms with Crippen LogP contribution in [0.3, 0.4) is 0 Å². The van der Waals surface area contributed by atoms with Crippen LogP contribution >= 0.6 is 0 Å². The predicted octanol–water partition coefficient (Wildman–Crippen LogP) is 7.92. The van der Waals surface area contributed by atoms with E-state index in [1.54, 1.807) is 7.11 Å². The first-order valence-corrected chi connectivity index (χ1v) is 21.1. The van der Waals surface area contributed by atoms with E-state index < -0.39 is 37.6 Å². The third-order valence-corrected chi connectivity index (χ3v) is 15.5. The van der Waals surface area contributed by atoms with E-state index >= 15 is 9.59 Å². The lowest BCUT2D eigenvalue weighted by atomic mass is 9.58. The van der Waals surface area contributed by atoms with Gasteiger partial charge in [0.05, 0.1) is 37.6 Å². The number of anilines is 1. The van der Waals surface area contributed by atoms with Gasteiger partial charge in [0.2, 0.25) is 5.78 Å². The maximum absolute atomic E-state index is 15.3. The molecule has 0 bridgehead atoms. The van der Waals surface area contributed by atoms with Gasteiger partial charge in [-0.25, -0.2) is 0 Å². The summed E-state index contributed by atoms with van der Waals surface area (Å²) in [5.41, 5.74) is 0.241. The number of methoxy groups -OCH3 is 1. The zero-order valence-corrected chi connectivity index (χ0v) is 32.9. The van der Waals surface area contributed by atoms with Crippen molar-refractivity contribution in [1.82, 2.24) is 10.1 Å². The maximum atomic E-state index is 15.3. The zero-order valence-electron chi connectivity index (χ0n) is 31.9. The molecule has 2 N–H and O–H groups in total. The van der Waals surface area contributed by atoms with Gasteiger partial charge in [-0.2, -0.15) is 0 Å². The van der Waals surface area contributed by atoms with Crippen LogP contribution in [0.4, 0.5) is 5.69 Å². The second-order valence-corrected chi connectivity index (χ2v) is 20.4. The number of nitrogens with one attached hydrogen (secondary N) is 1. The van der Waals surface area contributed by atoms with Gasteiger partial charge in [-0.15, -0.1) is 0 Å². The van der Waals surface area contributed by atoms with Crippen molar-refractivity contribution in [3.63, 3.8) is 0 Å². The number of hydrogen-bond acceptors (Lipinski definition) is 11. The quantitative estimate of drug-likeness (QED) is 0.146. The standard InChI is InChI=1S/C38H57N3O8Si/c1-12-15-17-46-32-25(39-14-3)21-26(45-9)23-19-22-20-24-30(41(7)8)33-29(36(40-48-33)47-18-16-13-2)35(44)38(24,49-50(10,11)37(4,5)6)34(43)27(22)31(42)28(23)32/h21-22,24,30,39,43H,12-20H2,1-11H3/t22-,24-,30-,38-/m0/s1. The van der Waals surface area contributed by atoms with Crippen LogP contribution in [0.1, 0.15) is 112 Å². The fourth-order valence-corrected chi connectivity index (χ4v) is 8.99. The summed E-state index contributed by atoms with van der Waals surface area (Å²) >= 11 is 0. The molecule has 3 aliphatic rings. The monoisotopic (exact) mass is 711 g/mol. The number of aliphatic hydroxyl groups is 1. The molecule has 0 amide bonds. The fourth-order valence-electron chi connectivity index (χ4n) is 7.54. The Morgan fingerprint density at radius 2 is 1.74 bits per heavy atom. The third-order valence-electron chi connectivity index (χ3n) is 11.1. The number of aromatic nitrogens is 1. The normalized spacial score (nSPS) is 23.3. The SMILES string of the molecule is CCCCOc1noc2c1C(=O)[C@@]1(O[Si](C)(C)C(C)(C)C)C(O)=C3C(=O)c4c(c(OC)cc(NCC)c4OCCCC)C[C@H]3C[C@H]1[C@@H]2N(C)C. The second-order valence-electron chi connectivity index (χ2n) is 15.6. The number of hydrogen-bond donors (Lipinski definition) is 2. The molecule has 50 heavy (non-hydrogen) atoms. The van der Waals surface area contributed by atoms with Crippen LogP contribution in [0.5, 0.6) is 17.4 Å². The van der Waals surface area contributed by atoms with Gasteiger partial charge in [0.15, 0.2) is 31.2 Å². The smallest absolute Gasteiger partial charge is 0.265 e. The number of unbranched alkanes of at least 4 members (excludes halogenated alkanes) is 2. The minimum absolute atomic E-state index is 0.0915. The van der Waals surface area contributed by atoms with Crippen LogP contribution in [0, 0.1) is 11.8 Å². The van der Waals surface area contributed by atoms with E-state index in [-0.39, 0.29) is 33.6 Å². The summed E-state index contributed by atoms with van der Waals surface area (Å²) < 4.78 is 31.5. The predicted molar refractivity (Wildman–Crippen MR) is 196 cm³/mol. The molecule has 0 fully saturated rings. The number of nitrogens with zero attached hydrogens (tertiary/aromatic N) is 2. The van der Waals surface area contributed by atoms with Gasteiger partial charge in [0, 0.05) is 29.7 Å². The molecular weight excluding hydrogens is 655 g/mol. The first-order valence-electron chi connectivity index (χ1n) is 18.2. The Morgan fingerprint density at radius 3 is 2.32 bits per heavy atom. The molecule has 0 spiro atoms. The molecule has 0 unspecified atom stereocenters. The Hall–Kier alpha value is -3.35. The lowest BCUT2D eigenvalue weighted by molar-refractivity contribution is -0.0480. The highest BCUT2D eigenvalue weighted by Crippen LogP contribution is 2.60. The summed E-state index contributed by atoms with van der Waals surface area (Å²) in [5.74, 6) is -0.691. The van der Waals surface area contributed by atoms with Crippen molar-refractivity contribution in [2.75, 3.05) is 46.3 Å². The van der Waals surface area contributed by atoms with Gasteiger partial charge >= 0.3 is 0 Å². The summed E-state index contributed by atoms with van der Waals surface area (Å²) in [6, 6.07) is 1.39. The number of ether oxygens (including phenoxy) is 3. The van der Waals surface area contributed by atoms with Crippen LogP contribution in [0.25, 0.3) is 0 Å². The number of carbonyl (C=O) groups excluding carboxylic acids is 2. The summed E-state index contributed by atoms with van der Waals surface area (Å²) in [7, 11) is 2.63. The summed E-state index contributed by atoms with van der Waals surface area (Å²) in [6.45, 7) is 17.9. The zero-order chi connectivity index (χ0) is 36.8. The number of Topliss-reactive ketones (excluding diaryl/α,β-unsaturated/α-hetero) is 2. The van der Waals surface area contributed by atoms with Crippen molar-refractivity contribution in [2.45, 2.75) is 110 Å². The molecule has 12 heteroatoms. The van der Waals surface area contributed by atoms with E-state index in [1.165, 1.54) is 0 Å². The molecule has 2 aromatic rings. The fraction of sp³-hybridized carbons (Fsp3) is 0.658. The molecule has 276 valence electrons. The van der Waals surface area contributed by atoms with Gasteiger partial charge < -0.3 is 33.6 Å². The number of carbonyl (C=O) groups is 2. The van der Waals surface area contributed by atoms with Crippen molar-refractivity contribution in [2.24, 2.45) is 11.8 Å². The van der Waals surface area contributed by atoms with Gasteiger partial charge in [0.25, 0.3) is 5.88 Å². The molecule has 0 radical (unpaired) electrons. The molecule has 0 saturated carbocycles. The van der Waals surface area contributed by atoms with Crippen molar-refractivity contribution in [3.05, 3.63) is 39.8 Å². The first-order chi connectivity index (χ1) is 23.6. The van der Waals surface area contributed by atoms with E-state index in [0.717, 1.165) is 31.2 Å². The van der Waals surface area contributed by atoms with Gasteiger partial charge in [-0.05, 0) is 75.9 Å². The Labute approximate surface area is 298 Å². The van der Waals surface area contributed by atoms with Crippen LogP contribution in [-0.4, -0.2) is 81.6 Å². The van der Waals surface area contributed by atoms with E-state index in [9.17, 15) is 5.11 Å². The summed E-state index contributed by atoms with van der Waals surface area (Å²) in [6.07, 6.45) is 4.20. The third kappa shape index (κ3) is 6.15. The summed E-state index contributed by atoms with van der Waals surface area (Å²) in [4.78, 5) is 32.4. The number of aliphatic hydroxyl groups excluding tert-OH is 1. The van der Waals surface area contributed by atoms with Crippen molar-refractivity contribution in [3.8, 4) is 17.4 Å². The lowest BCUT2D eigenvalue weighted by Gasteiger charge is -2.55. The topological polar surface area (TPSA) is 133 Å². The minimum Gasteiger partial charge on any atom is -0.508 e. The molecule has 0 saturated heterocycles. The molecule has 1 aromatic carbocycles. The largest absolute Gasteiger partial charge is 0.508 e. The number of rotatable bonds is 14. The Kier molecular flexibility index (Phi) is 10.9. The lowest BCUT2D eigenvalue weighted by Crippen LogP contribution is -2.65. The maximum Gasteiger partial charge on any atom is 0.265 e. The molecule has 0 aliphatic heterocycles. The number of benzene rings is 1. The molecular formula is C38H57N3O8Si. The minimum atomic E-state index is -2.82. The van der Waals surface area contributed by atoms with Crippen LogP contribution in [-0.2, 0) is 10.8 Å². The number of fused-ring (bicyclic) bond motifs is 4. The highest BCUT2D eigenvalue weighted by molar-refractivity contribution is 6.74. The average Bonchev–Trinajstić information content (AvgIpc) is 3.46. The van der Waals surface area contributed by atoms with Crippen LogP contribution in [0.2, 0.25) is 18.1 Å². The number of ketones is 2. The van der Waals surface area contributed by atoms with E-state index in [1.807, 2.05) is 32.0 Å². The molecule has 5 rings (SSSR count). The Balaban J connectivity index is 1.80. The van der Waals surface area contributed by atoms with E-state index in [4.69, 9.17) is 23.2 Å². The van der Waals surface area contributed by atoms with Gasteiger partial charge in [0.1, 0.15) is 17.1 Å². The Bertz CT molecular complexity index is 1640. The average molecular weight is 712 g/mol. The molecule has 1 aromatic heterocycles. The second kappa shape index (κ2) is 14.3. The van der Waals surface area contributed by atoms with Gasteiger partial charge in [-0.3, -0.25) is 14.5 Å². The first kappa shape index (κ1) is 37.9. The number of allylic oxidation sites excluding steroid dienone is 1. The molecule has 3 aliphatic carbocycles. The van der Waals surface area contributed by atoms with Crippen LogP contribution < -0.4 is 19.5 Å². The molecule has 1 heterocycles.